The van der Waals surface area contributed by atoms with Crippen LogP contribution in [0.5, 0.6) is 0 Å². The number of methoxy groups -OCH3 is 1. The minimum Gasteiger partial charge on any atom is -0.385 e. The number of rotatable bonds is 7. The lowest BCUT2D eigenvalue weighted by molar-refractivity contribution is -0.138. The highest BCUT2D eigenvalue weighted by atomic mass is 35.5. The molecule has 2 amide bonds. The van der Waals surface area contributed by atoms with E-state index in [1.54, 1.807) is 39.2 Å². The van der Waals surface area contributed by atoms with E-state index in [0.717, 1.165) is 5.56 Å². The molecule has 1 aromatic carbocycles. The highest BCUT2D eigenvalue weighted by Gasteiger charge is 2.36. The molecule has 0 heterocycles. The summed E-state index contributed by atoms with van der Waals surface area (Å²) in [5.74, 6) is -0.671. The second-order valence-corrected chi connectivity index (χ2v) is 6.08. The zero-order valence-electron chi connectivity index (χ0n) is 13.5. The van der Waals surface area contributed by atoms with Crippen LogP contribution in [0.3, 0.4) is 0 Å². The van der Waals surface area contributed by atoms with Crippen molar-refractivity contribution in [2.75, 3.05) is 25.6 Å². The Kier molecular flexibility index (Phi) is 6.84. The van der Waals surface area contributed by atoms with Crippen LogP contribution < -0.4 is 10.6 Å². The topological polar surface area (TPSA) is 67.4 Å². The molecule has 0 aromatic heterocycles. The van der Waals surface area contributed by atoms with Crippen LogP contribution in [0.2, 0.25) is 5.02 Å². The van der Waals surface area contributed by atoms with E-state index in [1.165, 1.54) is 0 Å². The number of ether oxygens (including phenoxy) is 1. The van der Waals surface area contributed by atoms with Crippen LogP contribution in [0.25, 0.3) is 0 Å². The normalized spacial score (nSPS) is 11.1. The molecular formula is C16H23ClN2O3. The number of halogens is 1. The molecule has 0 atom stereocenters. The molecule has 22 heavy (non-hydrogen) atoms. The molecule has 0 unspecified atom stereocenters. The first-order valence-electron chi connectivity index (χ1n) is 7.14. The van der Waals surface area contributed by atoms with E-state index >= 15 is 0 Å². The van der Waals surface area contributed by atoms with E-state index < -0.39 is 5.41 Å². The van der Waals surface area contributed by atoms with E-state index in [-0.39, 0.29) is 11.8 Å². The minimum absolute atomic E-state index is 0.312. The highest BCUT2D eigenvalue weighted by molar-refractivity contribution is 6.30. The number of carbonyl (C=O) groups is 2. The lowest BCUT2D eigenvalue weighted by Crippen LogP contribution is -2.45. The van der Waals surface area contributed by atoms with Gasteiger partial charge in [0, 0.05) is 31.0 Å². The summed E-state index contributed by atoms with van der Waals surface area (Å²) in [5.41, 5.74) is 0.325. The first-order chi connectivity index (χ1) is 10.3. The maximum absolute atomic E-state index is 12.4. The Morgan fingerprint density at radius 1 is 1.27 bits per heavy atom. The summed E-state index contributed by atoms with van der Waals surface area (Å²) in [6.07, 6.45) is 0.705. The van der Waals surface area contributed by atoms with Crippen molar-refractivity contribution in [1.29, 1.82) is 0 Å². The number of carbonyl (C=O) groups excluding carboxylic acids is 2. The van der Waals surface area contributed by atoms with Crippen LogP contribution in [-0.4, -0.2) is 32.1 Å². The van der Waals surface area contributed by atoms with Gasteiger partial charge in [0.1, 0.15) is 5.41 Å². The smallest absolute Gasteiger partial charge is 0.239 e. The Bertz CT molecular complexity index is 544. The standard InChI is InChI=1S/C16H23ClN2O3/c1-11-10-12(17)6-7-13(11)19-15(21)16(2,3)14(20)18-8-5-9-22-4/h6-7,10H,5,8-9H2,1-4H3,(H,18,20)(H,19,21). The fourth-order valence-corrected chi connectivity index (χ4v) is 2.02. The summed E-state index contributed by atoms with van der Waals surface area (Å²) >= 11 is 5.89. The molecule has 2 N–H and O–H groups in total. The van der Waals surface area contributed by atoms with Gasteiger partial charge < -0.3 is 15.4 Å². The van der Waals surface area contributed by atoms with Gasteiger partial charge in [-0.1, -0.05) is 11.6 Å². The van der Waals surface area contributed by atoms with Gasteiger partial charge in [-0.3, -0.25) is 9.59 Å². The molecule has 0 fully saturated rings. The average Bonchev–Trinajstić information content (AvgIpc) is 2.46. The number of nitrogens with one attached hydrogen (secondary N) is 2. The lowest BCUT2D eigenvalue weighted by atomic mass is 9.90. The predicted molar refractivity (Wildman–Crippen MR) is 88.1 cm³/mol. The second kappa shape index (κ2) is 8.15. The molecule has 0 saturated carbocycles. The fourth-order valence-electron chi connectivity index (χ4n) is 1.79. The summed E-state index contributed by atoms with van der Waals surface area (Å²) in [5, 5.41) is 6.13. The quantitative estimate of drug-likeness (QED) is 0.598. The minimum atomic E-state index is -1.17. The summed E-state index contributed by atoms with van der Waals surface area (Å²) in [6.45, 7) is 6.08. The van der Waals surface area contributed by atoms with Crippen molar-refractivity contribution in [2.24, 2.45) is 5.41 Å². The predicted octanol–water partition coefficient (Wildman–Crippen LogP) is 2.77. The van der Waals surface area contributed by atoms with Crippen molar-refractivity contribution in [1.82, 2.24) is 5.32 Å². The molecule has 0 aliphatic carbocycles. The third-order valence-electron chi connectivity index (χ3n) is 3.38. The van der Waals surface area contributed by atoms with Crippen LogP contribution in [-0.2, 0) is 14.3 Å². The zero-order valence-corrected chi connectivity index (χ0v) is 14.2. The van der Waals surface area contributed by atoms with Crippen LogP contribution in [0, 0.1) is 12.3 Å². The van der Waals surface area contributed by atoms with Crippen LogP contribution >= 0.6 is 11.6 Å². The number of amides is 2. The molecule has 1 rings (SSSR count). The van der Waals surface area contributed by atoms with Gasteiger partial charge in [0.15, 0.2) is 0 Å². The highest BCUT2D eigenvalue weighted by Crippen LogP contribution is 2.23. The van der Waals surface area contributed by atoms with Crippen molar-refractivity contribution in [3.8, 4) is 0 Å². The van der Waals surface area contributed by atoms with Crippen molar-refractivity contribution in [2.45, 2.75) is 27.2 Å². The maximum atomic E-state index is 12.4. The van der Waals surface area contributed by atoms with E-state index in [0.29, 0.717) is 30.3 Å². The summed E-state index contributed by atoms with van der Waals surface area (Å²) in [7, 11) is 1.60. The van der Waals surface area contributed by atoms with Gasteiger partial charge in [-0.05, 0) is 51.0 Å². The van der Waals surface area contributed by atoms with Gasteiger partial charge in [0.05, 0.1) is 0 Å². The van der Waals surface area contributed by atoms with Gasteiger partial charge >= 0.3 is 0 Å². The third-order valence-corrected chi connectivity index (χ3v) is 3.62. The largest absolute Gasteiger partial charge is 0.385 e. The van der Waals surface area contributed by atoms with Gasteiger partial charge in [-0.2, -0.15) is 0 Å². The van der Waals surface area contributed by atoms with Crippen molar-refractivity contribution < 1.29 is 14.3 Å². The summed E-state index contributed by atoms with van der Waals surface area (Å²) in [6, 6.07) is 5.18. The summed E-state index contributed by atoms with van der Waals surface area (Å²) < 4.78 is 4.92. The second-order valence-electron chi connectivity index (χ2n) is 5.64. The van der Waals surface area contributed by atoms with Gasteiger partial charge in [-0.25, -0.2) is 0 Å². The SMILES string of the molecule is COCCCNC(=O)C(C)(C)C(=O)Nc1ccc(Cl)cc1C. The molecule has 0 aliphatic rings. The van der Waals surface area contributed by atoms with Gasteiger partial charge in [-0.15, -0.1) is 0 Å². The van der Waals surface area contributed by atoms with Crippen molar-refractivity contribution >= 4 is 29.1 Å². The molecule has 5 nitrogen and oxygen atoms in total. The van der Waals surface area contributed by atoms with Gasteiger partial charge in [0.2, 0.25) is 11.8 Å². The van der Waals surface area contributed by atoms with E-state index in [4.69, 9.17) is 16.3 Å². The number of benzene rings is 1. The Morgan fingerprint density at radius 2 is 1.95 bits per heavy atom. The molecular weight excluding hydrogens is 304 g/mol. The van der Waals surface area contributed by atoms with Crippen LogP contribution in [0.15, 0.2) is 18.2 Å². The number of hydrogen-bond acceptors (Lipinski definition) is 3. The lowest BCUT2D eigenvalue weighted by Gasteiger charge is -2.23. The monoisotopic (exact) mass is 326 g/mol. The molecule has 1 aromatic rings. The number of hydrogen-bond donors (Lipinski definition) is 2. The third kappa shape index (κ3) is 5.00. The Labute approximate surface area is 136 Å². The fraction of sp³-hybridized carbons (Fsp3) is 0.500. The van der Waals surface area contributed by atoms with Crippen LogP contribution in [0.4, 0.5) is 5.69 Å². The van der Waals surface area contributed by atoms with E-state index in [9.17, 15) is 9.59 Å². The first-order valence-corrected chi connectivity index (χ1v) is 7.51. The molecule has 0 aliphatic heterocycles. The molecule has 0 spiro atoms. The molecule has 0 bridgehead atoms. The van der Waals surface area contributed by atoms with Crippen molar-refractivity contribution in [3.63, 3.8) is 0 Å². The number of aryl methyl sites for hydroxylation is 1. The van der Waals surface area contributed by atoms with E-state index in [2.05, 4.69) is 10.6 Å². The Morgan fingerprint density at radius 3 is 2.55 bits per heavy atom. The van der Waals surface area contributed by atoms with E-state index in [1.807, 2.05) is 6.92 Å². The molecule has 122 valence electrons. The molecule has 0 radical (unpaired) electrons. The Balaban J connectivity index is 2.67. The Hall–Kier alpha value is -1.59. The zero-order chi connectivity index (χ0) is 16.8. The first kappa shape index (κ1) is 18.5. The van der Waals surface area contributed by atoms with Gasteiger partial charge in [0.25, 0.3) is 0 Å². The molecule has 0 saturated heterocycles. The summed E-state index contributed by atoms with van der Waals surface area (Å²) in [4.78, 5) is 24.5. The number of anilines is 1. The average molecular weight is 327 g/mol. The maximum Gasteiger partial charge on any atom is 0.239 e. The van der Waals surface area contributed by atoms with Crippen LogP contribution in [0.1, 0.15) is 25.8 Å². The molecule has 6 heteroatoms. The van der Waals surface area contributed by atoms with Crippen molar-refractivity contribution in [3.05, 3.63) is 28.8 Å².